The highest BCUT2D eigenvalue weighted by molar-refractivity contribution is 6.18. The predicted octanol–water partition coefficient (Wildman–Crippen LogP) is 1.96. The number of carbonyl (C=O) groups is 1. The summed E-state index contributed by atoms with van der Waals surface area (Å²) in [6.07, 6.45) is 0.289. The van der Waals surface area contributed by atoms with Crippen molar-refractivity contribution in [3.05, 3.63) is 17.7 Å². The van der Waals surface area contributed by atoms with Crippen LogP contribution in [0.2, 0.25) is 0 Å². The molecule has 0 atom stereocenters. The summed E-state index contributed by atoms with van der Waals surface area (Å²) >= 11 is 5.50. The van der Waals surface area contributed by atoms with Crippen molar-refractivity contribution in [3.63, 3.8) is 0 Å². The summed E-state index contributed by atoms with van der Waals surface area (Å²) < 4.78 is 15.7. The third kappa shape index (κ3) is 4.21. The quantitative estimate of drug-likeness (QED) is 0.779. The number of carbonyl (C=O) groups excluding carboxylic acids is 1. The number of halogens is 1. The minimum absolute atomic E-state index is 0.105. The molecule has 1 rings (SSSR count). The number of methoxy groups -OCH3 is 3. The smallest absolute Gasteiger partial charge is 0.221 e. The summed E-state index contributed by atoms with van der Waals surface area (Å²) in [5.41, 5.74) is 0.808. The number of amides is 1. The Bertz CT molecular complexity index is 437. The van der Waals surface area contributed by atoms with Crippen LogP contribution in [-0.2, 0) is 11.3 Å². The first-order valence-corrected chi connectivity index (χ1v) is 6.31. The number of rotatable bonds is 7. The molecule has 0 aromatic heterocycles. The summed E-state index contributed by atoms with van der Waals surface area (Å²) in [6.45, 7) is 0.346. The number of benzene rings is 1. The Kier molecular flexibility index (Phi) is 6.29. The maximum absolute atomic E-state index is 11.4. The third-order valence-electron chi connectivity index (χ3n) is 2.58. The van der Waals surface area contributed by atoms with E-state index in [1.807, 2.05) is 0 Å². The normalized spacial score (nSPS) is 9.89. The van der Waals surface area contributed by atoms with E-state index in [2.05, 4.69) is 5.32 Å². The molecule has 1 N–H and O–H groups in total. The fourth-order valence-electron chi connectivity index (χ4n) is 1.60. The summed E-state index contributed by atoms with van der Waals surface area (Å²) in [7, 11) is 4.67. The minimum Gasteiger partial charge on any atom is -0.496 e. The molecule has 0 spiro atoms. The van der Waals surface area contributed by atoms with Crippen LogP contribution in [0.3, 0.4) is 0 Å². The van der Waals surface area contributed by atoms with Crippen LogP contribution in [0.15, 0.2) is 12.1 Å². The molecule has 0 heterocycles. The molecule has 106 valence electrons. The molecule has 0 fully saturated rings. The van der Waals surface area contributed by atoms with E-state index in [1.165, 1.54) is 0 Å². The van der Waals surface area contributed by atoms with Crippen LogP contribution in [0.1, 0.15) is 12.0 Å². The average Bonchev–Trinajstić information content (AvgIpc) is 2.44. The molecule has 1 aromatic carbocycles. The standard InChI is InChI=1S/C13H18ClNO4/c1-17-10-7-12(19-3)11(18-2)6-9(10)8-15-13(16)4-5-14/h6-7H,4-5,8H2,1-3H3,(H,15,16). The Labute approximate surface area is 117 Å². The van der Waals surface area contributed by atoms with Crippen molar-refractivity contribution in [2.45, 2.75) is 13.0 Å². The van der Waals surface area contributed by atoms with Gasteiger partial charge in [-0.3, -0.25) is 4.79 Å². The molecular formula is C13H18ClNO4. The van der Waals surface area contributed by atoms with Gasteiger partial charge in [0.15, 0.2) is 11.5 Å². The first kappa shape index (κ1) is 15.4. The summed E-state index contributed by atoms with van der Waals surface area (Å²) in [5, 5.41) is 2.76. The maximum atomic E-state index is 11.4. The van der Waals surface area contributed by atoms with E-state index in [0.717, 1.165) is 5.56 Å². The topological polar surface area (TPSA) is 56.8 Å². The van der Waals surface area contributed by atoms with Crippen molar-refractivity contribution in [1.82, 2.24) is 5.32 Å². The summed E-state index contributed by atoms with van der Waals surface area (Å²) in [5.74, 6) is 1.99. The van der Waals surface area contributed by atoms with Gasteiger partial charge in [-0.2, -0.15) is 0 Å². The lowest BCUT2D eigenvalue weighted by atomic mass is 10.1. The molecule has 1 amide bonds. The zero-order chi connectivity index (χ0) is 14.3. The molecule has 1 aromatic rings. The van der Waals surface area contributed by atoms with E-state index in [-0.39, 0.29) is 12.3 Å². The van der Waals surface area contributed by atoms with Gasteiger partial charge in [0, 0.05) is 30.5 Å². The molecule has 0 aliphatic rings. The molecule has 0 bridgehead atoms. The van der Waals surface area contributed by atoms with E-state index in [0.29, 0.717) is 29.7 Å². The molecule has 5 nitrogen and oxygen atoms in total. The van der Waals surface area contributed by atoms with E-state index < -0.39 is 0 Å². The molecule has 6 heteroatoms. The fourth-order valence-corrected chi connectivity index (χ4v) is 1.77. The second kappa shape index (κ2) is 7.74. The Morgan fingerprint density at radius 1 is 1.11 bits per heavy atom. The zero-order valence-corrected chi connectivity index (χ0v) is 12.0. The molecule has 0 unspecified atom stereocenters. The molecule has 0 saturated carbocycles. The Morgan fingerprint density at radius 3 is 2.21 bits per heavy atom. The van der Waals surface area contributed by atoms with Gasteiger partial charge in [-0.15, -0.1) is 11.6 Å². The predicted molar refractivity (Wildman–Crippen MR) is 73.3 cm³/mol. The number of ether oxygens (including phenoxy) is 3. The first-order valence-electron chi connectivity index (χ1n) is 5.77. The molecule has 0 radical (unpaired) electrons. The fraction of sp³-hybridized carbons (Fsp3) is 0.462. The molecule has 19 heavy (non-hydrogen) atoms. The van der Waals surface area contributed by atoms with E-state index >= 15 is 0 Å². The number of hydrogen-bond acceptors (Lipinski definition) is 4. The number of hydrogen-bond donors (Lipinski definition) is 1. The second-order valence-electron chi connectivity index (χ2n) is 3.73. The van der Waals surface area contributed by atoms with Crippen LogP contribution < -0.4 is 19.5 Å². The van der Waals surface area contributed by atoms with Gasteiger partial charge in [0.05, 0.1) is 21.3 Å². The van der Waals surface area contributed by atoms with Crippen molar-refractivity contribution in [1.29, 1.82) is 0 Å². The molecule has 0 aliphatic heterocycles. The maximum Gasteiger partial charge on any atom is 0.221 e. The molecule has 0 aliphatic carbocycles. The SMILES string of the molecule is COc1cc(OC)c(OC)cc1CNC(=O)CCCl. The Balaban J connectivity index is 2.89. The van der Waals surface area contributed by atoms with E-state index in [1.54, 1.807) is 33.5 Å². The van der Waals surface area contributed by atoms with Crippen LogP contribution in [0.5, 0.6) is 17.2 Å². The highest BCUT2D eigenvalue weighted by Crippen LogP contribution is 2.34. The highest BCUT2D eigenvalue weighted by atomic mass is 35.5. The van der Waals surface area contributed by atoms with Crippen LogP contribution >= 0.6 is 11.6 Å². The molecular weight excluding hydrogens is 270 g/mol. The average molecular weight is 288 g/mol. The largest absolute Gasteiger partial charge is 0.496 e. The van der Waals surface area contributed by atoms with Gasteiger partial charge in [-0.05, 0) is 6.07 Å². The second-order valence-corrected chi connectivity index (χ2v) is 4.11. The van der Waals surface area contributed by atoms with Crippen molar-refractivity contribution < 1.29 is 19.0 Å². The summed E-state index contributed by atoms with van der Waals surface area (Å²) in [6, 6.07) is 3.50. The van der Waals surface area contributed by atoms with Gasteiger partial charge >= 0.3 is 0 Å². The van der Waals surface area contributed by atoms with Crippen molar-refractivity contribution >= 4 is 17.5 Å². The molecule has 0 saturated heterocycles. The van der Waals surface area contributed by atoms with E-state index in [9.17, 15) is 4.79 Å². The van der Waals surface area contributed by atoms with Crippen LogP contribution in [0, 0.1) is 0 Å². The lowest BCUT2D eigenvalue weighted by Gasteiger charge is -2.14. The lowest BCUT2D eigenvalue weighted by molar-refractivity contribution is -0.120. The summed E-state index contributed by atoms with van der Waals surface area (Å²) in [4.78, 5) is 11.4. The van der Waals surface area contributed by atoms with Gasteiger partial charge in [0.2, 0.25) is 5.91 Å². The first-order chi connectivity index (χ1) is 9.15. The van der Waals surface area contributed by atoms with Gasteiger partial charge in [-0.1, -0.05) is 0 Å². The lowest BCUT2D eigenvalue weighted by Crippen LogP contribution is -2.23. The van der Waals surface area contributed by atoms with E-state index in [4.69, 9.17) is 25.8 Å². The van der Waals surface area contributed by atoms with Crippen molar-refractivity contribution in [2.75, 3.05) is 27.2 Å². The Hall–Kier alpha value is -1.62. The third-order valence-corrected chi connectivity index (χ3v) is 2.77. The van der Waals surface area contributed by atoms with Crippen molar-refractivity contribution in [3.8, 4) is 17.2 Å². The monoisotopic (exact) mass is 287 g/mol. The van der Waals surface area contributed by atoms with Gasteiger partial charge in [0.25, 0.3) is 0 Å². The highest BCUT2D eigenvalue weighted by Gasteiger charge is 2.12. The zero-order valence-electron chi connectivity index (χ0n) is 11.3. The minimum atomic E-state index is -0.105. The van der Waals surface area contributed by atoms with Gasteiger partial charge < -0.3 is 19.5 Å². The Morgan fingerprint density at radius 2 is 1.68 bits per heavy atom. The van der Waals surface area contributed by atoms with Gasteiger partial charge in [-0.25, -0.2) is 0 Å². The van der Waals surface area contributed by atoms with Crippen LogP contribution in [0.25, 0.3) is 0 Å². The van der Waals surface area contributed by atoms with Crippen molar-refractivity contribution in [2.24, 2.45) is 0 Å². The number of alkyl halides is 1. The number of nitrogens with one attached hydrogen (secondary N) is 1. The van der Waals surface area contributed by atoms with Crippen LogP contribution in [0.4, 0.5) is 0 Å². The van der Waals surface area contributed by atoms with Crippen LogP contribution in [-0.4, -0.2) is 33.1 Å². The van der Waals surface area contributed by atoms with Gasteiger partial charge in [0.1, 0.15) is 5.75 Å².